The Morgan fingerprint density at radius 3 is 2.60 bits per heavy atom. The number of Topliss-reactive ketones (excluding diaryl/α,β-unsaturated/α-hetero) is 1. The fourth-order valence-corrected chi connectivity index (χ4v) is 2.03. The molecule has 0 aliphatic carbocycles. The van der Waals surface area contributed by atoms with E-state index in [1.165, 1.54) is 0 Å². The molecule has 0 aromatic heterocycles. The van der Waals surface area contributed by atoms with Crippen LogP contribution in [-0.4, -0.2) is 36.4 Å². The van der Waals surface area contributed by atoms with Crippen LogP contribution in [0.5, 0.6) is 0 Å². The lowest BCUT2D eigenvalue weighted by molar-refractivity contribution is -0.145. The van der Waals surface area contributed by atoms with Crippen LogP contribution < -0.4 is 0 Å². The van der Waals surface area contributed by atoms with Gasteiger partial charge >= 0.3 is 5.97 Å². The van der Waals surface area contributed by atoms with Gasteiger partial charge in [0.05, 0.1) is 6.61 Å². The predicted octanol–water partition coefficient (Wildman–Crippen LogP) is 1.31. The fourth-order valence-electron chi connectivity index (χ4n) is 1.52. The molecule has 1 unspecified atom stereocenters. The number of alkyl halides is 1. The maximum atomic E-state index is 11.8. The van der Waals surface area contributed by atoms with Crippen LogP contribution in [0.25, 0.3) is 0 Å². The highest BCUT2D eigenvalue weighted by Crippen LogP contribution is 2.20. The van der Waals surface area contributed by atoms with Crippen LogP contribution in [0.3, 0.4) is 0 Å². The first kappa shape index (κ1) is 12.6. The Balaban J connectivity index is 2.47. The van der Waals surface area contributed by atoms with Gasteiger partial charge in [-0.1, -0.05) is 15.9 Å². The smallest absolute Gasteiger partial charge is 0.327 e. The van der Waals surface area contributed by atoms with Crippen molar-refractivity contribution >= 4 is 27.7 Å². The number of hydrogen-bond donors (Lipinski definition) is 0. The average Bonchev–Trinajstić information content (AvgIpc) is 2.28. The summed E-state index contributed by atoms with van der Waals surface area (Å²) < 4.78 is 9.93. The quantitative estimate of drug-likeness (QED) is 0.442. The number of rotatable bonds is 4. The van der Waals surface area contributed by atoms with E-state index in [2.05, 4.69) is 15.9 Å². The Labute approximate surface area is 97.4 Å². The van der Waals surface area contributed by atoms with Crippen molar-refractivity contribution in [2.45, 2.75) is 24.6 Å². The molecule has 0 aromatic carbocycles. The Kier molecular flexibility index (Phi) is 5.25. The fraction of sp³-hybridized carbons (Fsp3) is 0.800. The van der Waals surface area contributed by atoms with Crippen molar-refractivity contribution in [2.24, 2.45) is 5.92 Å². The highest BCUT2D eigenvalue weighted by Gasteiger charge is 2.32. The number of ether oxygens (including phenoxy) is 2. The first-order valence-corrected chi connectivity index (χ1v) is 6.00. The Morgan fingerprint density at radius 2 is 2.07 bits per heavy atom. The summed E-state index contributed by atoms with van der Waals surface area (Å²) >= 11 is 3.08. The summed E-state index contributed by atoms with van der Waals surface area (Å²) in [7, 11) is 0. The highest BCUT2D eigenvalue weighted by molar-refractivity contribution is 9.10. The lowest BCUT2D eigenvalue weighted by Crippen LogP contribution is -2.34. The van der Waals surface area contributed by atoms with E-state index in [0.29, 0.717) is 32.7 Å². The maximum Gasteiger partial charge on any atom is 0.327 e. The van der Waals surface area contributed by atoms with Gasteiger partial charge in [0, 0.05) is 19.1 Å². The zero-order chi connectivity index (χ0) is 11.3. The van der Waals surface area contributed by atoms with E-state index in [0.717, 1.165) is 0 Å². The van der Waals surface area contributed by atoms with Gasteiger partial charge < -0.3 is 9.47 Å². The molecule has 1 aliphatic heterocycles. The lowest BCUT2D eigenvalue weighted by Gasteiger charge is -2.22. The first-order valence-electron chi connectivity index (χ1n) is 5.09. The first-order chi connectivity index (χ1) is 7.16. The van der Waals surface area contributed by atoms with Crippen molar-refractivity contribution in [2.75, 3.05) is 19.8 Å². The van der Waals surface area contributed by atoms with Crippen molar-refractivity contribution in [3.8, 4) is 0 Å². The zero-order valence-electron chi connectivity index (χ0n) is 8.70. The van der Waals surface area contributed by atoms with Crippen LogP contribution in [-0.2, 0) is 19.1 Å². The molecule has 15 heavy (non-hydrogen) atoms. The number of hydrogen-bond acceptors (Lipinski definition) is 4. The molecule has 86 valence electrons. The van der Waals surface area contributed by atoms with E-state index in [-0.39, 0.29) is 11.7 Å². The summed E-state index contributed by atoms with van der Waals surface area (Å²) in [5, 5.41) is 0. The van der Waals surface area contributed by atoms with Crippen LogP contribution in [0.15, 0.2) is 0 Å². The van der Waals surface area contributed by atoms with Crippen molar-refractivity contribution in [1.29, 1.82) is 0 Å². The van der Waals surface area contributed by atoms with Gasteiger partial charge in [0.1, 0.15) is 0 Å². The Hall–Kier alpha value is -0.420. The zero-order valence-corrected chi connectivity index (χ0v) is 10.3. The van der Waals surface area contributed by atoms with Gasteiger partial charge in [-0.05, 0) is 19.8 Å². The van der Waals surface area contributed by atoms with Crippen LogP contribution in [0.2, 0.25) is 0 Å². The standard InChI is InChI=1S/C10H15BrO4/c1-2-15-10(13)8(11)9(12)7-3-5-14-6-4-7/h7-8H,2-6H2,1H3. The van der Waals surface area contributed by atoms with Crippen LogP contribution in [0.4, 0.5) is 0 Å². The van der Waals surface area contributed by atoms with E-state index in [9.17, 15) is 9.59 Å². The maximum absolute atomic E-state index is 11.8. The minimum Gasteiger partial charge on any atom is -0.465 e. The second kappa shape index (κ2) is 6.23. The third kappa shape index (κ3) is 3.57. The molecule has 0 spiro atoms. The summed E-state index contributed by atoms with van der Waals surface area (Å²) in [5.41, 5.74) is 0. The third-order valence-electron chi connectivity index (χ3n) is 2.37. The molecule has 0 amide bonds. The topological polar surface area (TPSA) is 52.6 Å². The van der Waals surface area contributed by atoms with Crippen LogP contribution in [0, 0.1) is 5.92 Å². The second-order valence-corrected chi connectivity index (χ2v) is 4.32. The molecule has 1 fully saturated rings. The number of halogens is 1. The lowest BCUT2D eigenvalue weighted by atomic mass is 9.93. The molecule has 1 saturated heterocycles. The average molecular weight is 279 g/mol. The van der Waals surface area contributed by atoms with Gasteiger partial charge in [-0.25, -0.2) is 0 Å². The van der Waals surface area contributed by atoms with Crippen molar-refractivity contribution in [1.82, 2.24) is 0 Å². The highest BCUT2D eigenvalue weighted by atomic mass is 79.9. The number of ketones is 1. The predicted molar refractivity (Wildman–Crippen MR) is 57.9 cm³/mol. The normalized spacial score (nSPS) is 19.6. The summed E-state index contributed by atoms with van der Waals surface area (Å²) in [6, 6.07) is 0. The molecule has 0 saturated carbocycles. The number of carbonyl (C=O) groups excluding carboxylic acids is 2. The molecule has 1 rings (SSSR count). The van der Waals surface area contributed by atoms with E-state index in [1.807, 2.05) is 0 Å². The summed E-state index contributed by atoms with van der Waals surface area (Å²) in [4.78, 5) is 22.3. The van der Waals surface area contributed by atoms with Gasteiger partial charge in [-0.2, -0.15) is 0 Å². The monoisotopic (exact) mass is 278 g/mol. The summed E-state index contributed by atoms with van der Waals surface area (Å²) in [6.07, 6.45) is 1.39. The van der Waals surface area contributed by atoms with E-state index < -0.39 is 10.8 Å². The van der Waals surface area contributed by atoms with Crippen molar-refractivity contribution in [3.63, 3.8) is 0 Å². The molecule has 0 aromatic rings. The molecular weight excluding hydrogens is 264 g/mol. The summed E-state index contributed by atoms with van der Waals surface area (Å²) in [5.74, 6) is -0.654. The molecule has 0 bridgehead atoms. The molecule has 1 heterocycles. The Morgan fingerprint density at radius 1 is 1.47 bits per heavy atom. The van der Waals surface area contributed by atoms with Gasteiger partial charge in [-0.15, -0.1) is 0 Å². The van der Waals surface area contributed by atoms with Gasteiger partial charge in [-0.3, -0.25) is 9.59 Å². The minimum absolute atomic E-state index is 0.0764. The molecular formula is C10H15BrO4. The van der Waals surface area contributed by atoms with Crippen molar-refractivity contribution in [3.05, 3.63) is 0 Å². The van der Waals surface area contributed by atoms with Gasteiger partial charge in [0.15, 0.2) is 10.6 Å². The van der Waals surface area contributed by atoms with Gasteiger partial charge in [0.2, 0.25) is 0 Å². The summed E-state index contributed by atoms with van der Waals surface area (Å²) in [6.45, 7) is 3.20. The van der Waals surface area contributed by atoms with Crippen LogP contribution >= 0.6 is 15.9 Å². The van der Waals surface area contributed by atoms with E-state index >= 15 is 0 Å². The molecule has 0 N–H and O–H groups in total. The Bertz CT molecular complexity index is 236. The SMILES string of the molecule is CCOC(=O)C(Br)C(=O)C1CCOCC1. The molecule has 0 radical (unpaired) electrons. The molecule has 4 nitrogen and oxygen atoms in total. The number of carbonyl (C=O) groups is 2. The number of esters is 1. The van der Waals surface area contributed by atoms with Gasteiger partial charge in [0.25, 0.3) is 0 Å². The minimum atomic E-state index is -0.819. The largest absolute Gasteiger partial charge is 0.465 e. The molecule has 5 heteroatoms. The van der Waals surface area contributed by atoms with Crippen LogP contribution in [0.1, 0.15) is 19.8 Å². The second-order valence-electron chi connectivity index (χ2n) is 3.40. The molecule has 1 aliphatic rings. The molecule has 1 atom stereocenters. The van der Waals surface area contributed by atoms with E-state index in [4.69, 9.17) is 9.47 Å². The van der Waals surface area contributed by atoms with E-state index in [1.54, 1.807) is 6.92 Å². The third-order valence-corrected chi connectivity index (χ3v) is 3.19. The van der Waals surface area contributed by atoms with Crippen molar-refractivity contribution < 1.29 is 19.1 Å².